The Bertz CT molecular complexity index is 1130. The Balaban J connectivity index is 1.98. The van der Waals surface area contributed by atoms with Gasteiger partial charge < -0.3 is 9.50 Å². The third-order valence-electron chi connectivity index (χ3n) is 3.63. The van der Waals surface area contributed by atoms with Crippen LogP contribution in [0.4, 0.5) is 18.9 Å². The van der Waals surface area contributed by atoms with Crippen LogP contribution in [0.3, 0.4) is 0 Å². The second-order valence-corrected chi connectivity index (χ2v) is 7.40. The van der Waals surface area contributed by atoms with Crippen molar-refractivity contribution in [1.29, 1.82) is 0 Å². The number of carbonyl (C=O) groups excluding carboxylic acids is 1. The fourth-order valence-electron chi connectivity index (χ4n) is 2.38. The summed E-state index contributed by atoms with van der Waals surface area (Å²) in [5.41, 5.74) is -0.757. The summed E-state index contributed by atoms with van der Waals surface area (Å²) in [4.78, 5) is 10.7. The minimum atomic E-state index is -4.79. The van der Waals surface area contributed by atoms with Gasteiger partial charge in [0, 0.05) is 18.7 Å². The van der Waals surface area contributed by atoms with Gasteiger partial charge in [-0.1, -0.05) is 18.2 Å². The Labute approximate surface area is 163 Å². The van der Waals surface area contributed by atoms with E-state index < -0.39 is 27.9 Å². The molecule has 0 bridgehead atoms. The molecule has 0 fully saturated rings. The maximum absolute atomic E-state index is 13.1. The van der Waals surface area contributed by atoms with Crippen LogP contribution in [0, 0.1) is 0 Å². The van der Waals surface area contributed by atoms with E-state index in [1.54, 1.807) is 18.2 Å². The molecule has 1 heterocycles. The molecule has 2 aromatic carbocycles. The molecule has 0 aliphatic heterocycles. The molecule has 29 heavy (non-hydrogen) atoms. The molecule has 0 aliphatic carbocycles. The summed E-state index contributed by atoms with van der Waals surface area (Å²) in [6.45, 7) is 1.29. The highest BCUT2D eigenvalue weighted by Gasteiger charge is 2.36. The molecule has 1 N–H and O–H groups in total. The van der Waals surface area contributed by atoms with E-state index in [1.807, 2.05) is 0 Å². The van der Waals surface area contributed by atoms with E-state index in [0.717, 1.165) is 16.8 Å². The number of hydrogen-bond donors (Lipinski definition) is 1. The summed E-state index contributed by atoms with van der Waals surface area (Å²) in [6.07, 6.45) is -4.79. The van der Waals surface area contributed by atoms with Crippen LogP contribution in [0.2, 0.25) is 0 Å². The molecule has 0 spiro atoms. The van der Waals surface area contributed by atoms with E-state index in [4.69, 9.17) is 4.18 Å². The molecule has 0 unspecified atom stereocenters. The maximum atomic E-state index is 13.1. The number of amides is 1. The molecular formula is C18H14F3N3O4S. The van der Waals surface area contributed by atoms with Crippen molar-refractivity contribution in [2.45, 2.75) is 18.0 Å². The van der Waals surface area contributed by atoms with Crippen LogP contribution in [0.5, 0.6) is 5.88 Å². The van der Waals surface area contributed by atoms with Gasteiger partial charge in [0.25, 0.3) is 0 Å². The third-order valence-corrected chi connectivity index (χ3v) is 4.87. The number of alkyl halides is 3. The first-order valence-electron chi connectivity index (χ1n) is 8.11. The largest absolute Gasteiger partial charge is 0.435 e. The van der Waals surface area contributed by atoms with Gasteiger partial charge in [-0.2, -0.15) is 31.4 Å². The van der Waals surface area contributed by atoms with Crippen LogP contribution >= 0.6 is 0 Å². The molecule has 0 radical (unpaired) electrons. The van der Waals surface area contributed by atoms with Crippen molar-refractivity contribution in [2.24, 2.45) is 0 Å². The van der Waals surface area contributed by atoms with Gasteiger partial charge in [-0.05, 0) is 36.4 Å². The van der Waals surface area contributed by atoms with Crippen LogP contribution in [0.25, 0.3) is 5.69 Å². The van der Waals surface area contributed by atoms with E-state index in [1.165, 1.54) is 31.2 Å². The van der Waals surface area contributed by atoms with Crippen molar-refractivity contribution < 1.29 is 30.6 Å². The Hall–Kier alpha value is -3.34. The smallest absolute Gasteiger partial charge is 0.358 e. The minimum Gasteiger partial charge on any atom is -0.358 e. The number of nitrogens with zero attached hydrogens (tertiary/aromatic N) is 2. The number of benzene rings is 2. The lowest BCUT2D eigenvalue weighted by Gasteiger charge is -2.10. The molecule has 0 aliphatic rings. The highest BCUT2D eigenvalue weighted by atomic mass is 32.2. The van der Waals surface area contributed by atoms with Crippen LogP contribution in [-0.2, 0) is 21.1 Å². The van der Waals surface area contributed by atoms with Gasteiger partial charge in [0.1, 0.15) is 4.90 Å². The normalized spacial score (nSPS) is 11.9. The SMILES string of the molecule is CC(=O)Nc1ccc(S(=O)(=O)Oc2cc(C(F)(F)F)nn2-c2ccccc2)cc1. The van der Waals surface area contributed by atoms with Gasteiger partial charge in [-0.25, -0.2) is 0 Å². The van der Waals surface area contributed by atoms with Crippen LogP contribution in [0.15, 0.2) is 65.6 Å². The minimum absolute atomic E-state index is 0.189. The molecule has 3 rings (SSSR count). The summed E-state index contributed by atoms with van der Waals surface area (Å²) < 4.78 is 70.1. The van der Waals surface area contributed by atoms with E-state index in [9.17, 15) is 26.4 Å². The first-order valence-corrected chi connectivity index (χ1v) is 9.52. The van der Waals surface area contributed by atoms with E-state index >= 15 is 0 Å². The summed E-state index contributed by atoms with van der Waals surface area (Å²) in [5, 5.41) is 5.90. The third kappa shape index (κ3) is 4.74. The predicted molar refractivity (Wildman–Crippen MR) is 97.1 cm³/mol. The Morgan fingerprint density at radius 3 is 2.24 bits per heavy atom. The first-order chi connectivity index (χ1) is 13.6. The molecule has 11 heteroatoms. The summed E-state index contributed by atoms with van der Waals surface area (Å²) in [6, 6.07) is 13.2. The Morgan fingerprint density at radius 1 is 1.07 bits per heavy atom. The molecule has 7 nitrogen and oxygen atoms in total. The van der Waals surface area contributed by atoms with Crippen molar-refractivity contribution in [2.75, 3.05) is 5.32 Å². The van der Waals surface area contributed by atoms with Crippen molar-refractivity contribution in [3.05, 3.63) is 66.4 Å². The van der Waals surface area contributed by atoms with Crippen molar-refractivity contribution in [3.63, 3.8) is 0 Å². The maximum Gasteiger partial charge on any atom is 0.435 e. The van der Waals surface area contributed by atoms with Crippen molar-refractivity contribution >= 4 is 21.7 Å². The Morgan fingerprint density at radius 2 is 1.69 bits per heavy atom. The van der Waals surface area contributed by atoms with E-state index in [-0.39, 0.29) is 16.5 Å². The van der Waals surface area contributed by atoms with Gasteiger partial charge in [-0.3, -0.25) is 4.79 Å². The molecule has 1 aromatic heterocycles. The van der Waals surface area contributed by atoms with E-state index in [0.29, 0.717) is 11.8 Å². The highest BCUT2D eigenvalue weighted by molar-refractivity contribution is 7.87. The fraction of sp³-hybridized carbons (Fsp3) is 0.111. The van der Waals surface area contributed by atoms with Crippen LogP contribution in [0.1, 0.15) is 12.6 Å². The topological polar surface area (TPSA) is 90.3 Å². The number of nitrogens with one attached hydrogen (secondary N) is 1. The number of para-hydroxylation sites is 1. The lowest BCUT2D eigenvalue weighted by atomic mass is 10.3. The van der Waals surface area contributed by atoms with Crippen LogP contribution < -0.4 is 9.50 Å². The second kappa shape index (κ2) is 7.59. The number of rotatable bonds is 5. The summed E-state index contributed by atoms with van der Waals surface area (Å²) >= 11 is 0. The molecule has 152 valence electrons. The van der Waals surface area contributed by atoms with Crippen molar-refractivity contribution in [3.8, 4) is 11.6 Å². The van der Waals surface area contributed by atoms with Gasteiger partial charge in [-0.15, -0.1) is 0 Å². The monoisotopic (exact) mass is 425 g/mol. The second-order valence-electron chi connectivity index (χ2n) is 5.86. The standard InChI is InChI=1S/C18H14F3N3O4S/c1-12(25)22-13-7-9-15(10-8-13)29(26,27)28-17-11-16(18(19,20)21)23-24(17)14-5-3-2-4-6-14/h2-11H,1H3,(H,22,25). The molecule has 3 aromatic rings. The summed E-state index contributed by atoms with van der Waals surface area (Å²) in [5.74, 6) is -0.960. The fourth-order valence-corrected chi connectivity index (χ4v) is 3.29. The molecule has 0 saturated heterocycles. The number of anilines is 1. The zero-order chi connectivity index (χ0) is 21.2. The first kappa shape index (κ1) is 20.4. The zero-order valence-corrected chi connectivity index (χ0v) is 15.7. The van der Waals surface area contributed by atoms with Gasteiger partial charge >= 0.3 is 16.3 Å². The quantitative estimate of drug-likeness (QED) is 0.631. The van der Waals surface area contributed by atoms with Gasteiger partial charge in [0.2, 0.25) is 11.8 Å². The number of hydrogen-bond acceptors (Lipinski definition) is 5. The van der Waals surface area contributed by atoms with E-state index in [2.05, 4.69) is 10.4 Å². The average Bonchev–Trinajstić information content (AvgIpc) is 3.06. The van der Waals surface area contributed by atoms with Crippen molar-refractivity contribution in [1.82, 2.24) is 9.78 Å². The Kier molecular flexibility index (Phi) is 5.33. The molecular weight excluding hydrogens is 411 g/mol. The predicted octanol–water partition coefficient (Wildman–Crippen LogP) is 3.62. The summed E-state index contributed by atoms with van der Waals surface area (Å²) in [7, 11) is -4.46. The van der Waals surface area contributed by atoms with Crippen LogP contribution in [-0.4, -0.2) is 24.1 Å². The molecule has 0 atom stereocenters. The highest BCUT2D eigenvalue weighted by Crippen LogP contribution is 2.33. The van der Waals surface area contributed by atoms with Gasteiger partial charge in [0.05, 0.1) is 5.69 Å². The average molecular weight is 425 g/mol. The zero-order valence-electron chi connectivity index (χ0n) is 14.8. The number of aromatic nitrogens is 2. The lowest BCUT2D eigenvalue weighted by Crippen LogP contribution is -2.13. The van der Waals surface area contributed by atoms with Gasteiger partial charge in [0.15, 0.2) is 5.69 Å². The number of carbonyl (C=O) groups is 1. The lowest BCUT2D eigenvalue weighted by molar-refractivity contribution is -0.141. The number of halogens is 3. The molecule has 1 amide bonds. The molecule has 0 saturated carbocycles.